The van der Waals surface area contributed by atoms with E-state index in [1.54, 1.807) is 48.5 Å². The highest BCUT2D eigenvalue weighted by Crippen LogP contribution is 2.48. The SMILES string of the molecule is O=C1CC(c2ccccc2)CC2=C1C(c1ccccc1F)N(C(=O)Nc1ccc(Cl)c(Cl)c1)c1ccccc1N2. The standard InChI is InChI=1S/C32H24Cl2FN3O2/c33-23-15-14-21(18-24(23)34)36-32(40)38-28-13-7-6-12-26(28)37-27-16-20(19-8-2-1-3-9-19)17-29(39)30(27)31(38)22-10-4-5-11-25(22)35/h1-15,18,20,31,37H,16-17H2,(H,36,40). The molecule has 2 aliphatic rings. The molecular formula is C32H24Cl2FN3O2. The molecule has 5 nitrogen and oxygen atoms in total. The molecule has 2 unspecified atom stereocenters. The number of ketones is 1. The van der Waals surface area contributed by atoms with Gasteiger partial charge >= 0.3 is 6.03 Å². The Balaban J connectivity index is 1.52. The summed E-state index contributed by atoms with van der Waals surface area (Å²) in [6, 6.07) is 26.6. The van der Waals surface area contributed by atoms with E-state index in [9.17, 15) is 9.59 Å². The molecule has 4 aromatic rings. The second kappa shape index (κ2) is 10.8. The Morgan fingerprint density at radius 3 is 2.38 bits per heavy atom. The van der Waals surface area contributed by atoms with Crippen LogP contribution in [-0.2, 0) is 4.79 Å². The van der Waals surface area contributed by atoms with Gasteiger partial charge < -0.3 is 10.6 Å². The molecule has 1 aliphatic carbocycles. The molecule has 0 saturated carbocycles. The minimum absolute atomic E-state index is 0.0510. The molecule has 2 amide bonds. The van der Waals surface area contributed by atoms with Gasteiger partial charge in [-0.05, 0) is 54.3 Å². The second-order valence-corrected chi connectivity index (χ2v) is 10.6. The molecule has 0 radical (unpaired) electrons. The smallest absolute Gasteiger partial charge is 0.327 e. The summed E-state index contributed by atoms with van der Waals surface area (Å²) in [6.45, 7) is 0. The summed E-state index contributed by atoms with van der Waals surface area (Å²) < 4.78 is 15.5. The molecule has 8 heteroatoms. The number of fused-ring (bicyclic) bond motifs is 1. The summed E-state index contributed by atoms with van der Waals surface area (Å²) >= 11 is 12.3. The van der Waals surface area contributed by atoms with Crippen molar-refractivity contribution in [3.8, 4) is 0 Å². The molecule has 0 fully saturated rings. The first kappa shape index (κ1) is 26.1. The second-order valence-electron chi connectivity index (χ2n) is 9.83. The van der Waals surface area contributed by atoms with Crippen LogP contribution in [0.15, 0.2) is 108 Å². The maximum Gasteiger partial charge on any atom is 0.327 e. The number of allylic oxidation sites excluding steroid dienone is 1. The van der Waals surface area contributed by atoms with E-state index < -0.39 is 17.9 Å². The fourth-order valence-electron chi connectivity index (χ4n) is 5.52. The van der Waals surface area contributed by atoms with Crippen LogP contribution >= 0.6 is 23.2 Å². The van der Waals surface area contributed by atoms with E-state index in [0.717, 1.165) is 5.56 Å². The van der Waals surface area contributed by atoms with Crippen molar-refractivity contribution in [2.75, 3.05) is 15.5 Å². The van der Waals surface area contributed by atoms with Crippen LogP contribution in [0, 0.1) is 5.82 Å². The molecule has 1 heterocycles. The summed E-state index contributed by atoms with van der Waals surface area (Å²) in [5, 5.41) is 6.96. The van der Waals surface area contributed by atoms with E-state index >= 15 is 4.39 Å². The maximum absolute atomic E-state index is 15.5. The fourth-order valence-corrected chi connectivity index (χ4v) is 5.82. The number of hydrogen-bond acceptors (Lipinski definition) is 3. The zero-order chi connectivity index (χ0) is 27.8. The number of nitrogens with zero attached hydrogens (tertiary/aromatic N) is 1. The zero-order valence-corrected chi connectivity index (χ0v) is 22.7. The molecule has 40 heavy (non-hydrogen) atoms. The normalized spacial score (nSPS) is 18.4. The Bertz CT molecular complexity index is 1660. The van der Waals surface area contributed by atoms with E-state index in [1.807, 2.05) is 42.5 Å². The highest BCUT2D eigenvalue weighted by Gasteiger charge is 2.42. The zero-order valence-electron chi connectivity index (χ0n) is 21.2. The maximum atomic E-state index is 15.5. The molecule has 2 atom stereocenters. The van der Waals surface area contributed by atoms with Crippen molar-refractivity contribution in [3.63, 3.8) is 0 Å². The number of nitrogens with one attached hydrogen (secondary N) is 2. The highest BCUT2D eigenvalue weighted by molar-refractivity contribution is 6.42. The van der Waals surface area contributed by atoms with Gasteiger partial charge in [0.15, 0.2) is 5.78 Å². The van der Waals surface area contributed by atoms with Gasteiger partial charge in [0.05, 0.1) is 27.5 Å². The topological polar surface area (TPSA) is 61.4 Å². The van der Waals surface area contributed by atoms with E-state index in [4.69, 9.17) is 23.2 Å². The number of carbonyl (C=O) groups is 2. The minimum Gasteiger partial charge on any atom is -0.357 e. The molecule has 200 valence electrons. The van der Waals surface area contributed by atoms with Crippen LogP contribution < -0.4 is 15.5 Å². The predicted octanol–water partition coefficient (Wildman–Crippen LogP) is 8.74. The number of halogens is 3. The number of hydrogen-bond donors (Lipinski definition) is 2. The third-order valence-electron chi connectivity index (χ3n) is 7.35. The quantitative estimate of drug-likeness (QED) is 0.258. The number of benzene rings is 4. The Labute approximate surface area is 241 Å². The number of amides is 2. The van der Waals surface area contributed by atoms with Crippen molar-refractivity contribution in [2.45, 2.75) is 24.8 Å². The summed E-state index contributed by atoms with van der Waals surface area (Å²) in [4.78, 5) is 29.6. The summed E-state index contributed by atoms with van der Waals surface area (Å²) in [5.41, 5.74) is 3.89. The third kappa shape index (κ3) is 4.85. The van der Waals surface area contributed by atoms with E-state index in [-0.39, 0.29) is 28.7 Å². The van der Waals surface area contributed by atoms with Crippen LogP contribution in [0.3, 0.4) is 0 Å². The van der Waals surface area contributed by atoms with Gasteiger partial charge in [0.1, 0.15) is 5.82 Å². The molecule has 0 spiro atoms. The summed E-state index contributed by atoms with van der Waals surface area (Å²) in [6.07, 6.45) is 0.778. The monoisotopic (exact) mass is 571 g/mol. The molecule has 0 saturated heterocycles. The first-order valence-electron chi connectivity index (χ1n) is 12.9. The molecule has 6 rings (SSSR count). The van der Waals surface area contributed by atoms with Crippen molar-refractivity contribution >= 4 is 52.1 Å². The Kier molecular flexibility index (Phi) is 7.05. The lowest BCUT2D eigenvalue weighted by atomic mass is 9.78. The predicted molar refractivity (Wildman–Crippen MR) is 158 cm³/mol. The number of urea groups is 1. The van der Waals surface area contributed by atoms with E-state index in [0.29, 0.717) is 39.8 Å². The largest absolute Gasteiger partial charge is 0.357 e. The molecule has 2 N–H and O–H groups in total. The average molecular weight is 572 g/mol. The van der Waals surface area contributed by atoms with Gasteiger partial charge in [-0.15, -0.1) is 0 Å². The molecule has 0 bridgehead atoms. The van der Waals surface area contributed by atoms with Crippen LogP contribution in [0.4, 0.5) is 26.2 Å². The Morgan fingerprint density at radius 2 is 1.60 bits per heavy atom. The van der Waals surface area contributed by atoms with Gasteiger partial charge in [-0.25, -0.2) is 9.18 Å². The lowest BCUT2D eigenvalue weighted by Gasteiger charge is -2.35. The van der Waals surface area contributed by atoms with Gasteiger partial charge in [-0.2, -0.15) is 0 Å². The van der Waals surface area contributed by atoms with Crippen LogP contribution in [0.5, 0.6) is 0 Å². The lowest BCUT2D eigenvalue weighted by Crippen LogP contribution is -2.41. The first-order valence-corrected chi connectivity index (χ1v) is 13.6. The number of anilines is 3. The van der Waals surface area contributed by atoms with Crippen LogP contribution in [0.2, 0.25) is 10.0 Å². The van der Waals surface area contributed by atoms with Crippen molar-refractivity contribution in [3.05, 3.63) is 135 Å². The van der Waals surface area contributed by atoms with E-state index in [1.165, 1.54) is 11.0 Å². The van der Waals surface area contributed by atoms with Crippen molar-refractivity contribution in [1.29, 1.82) is 0 Å². The minimum atomic E-state index is -1.01. The molecular weight excluding hydrogens is 548 g/mol. The molecule has 1 aliphatic heterocycles. The number of Topliss-reactive ketones (excluding diaryl/α,β-unsaturated/α-hetero) is 1. The number of rotatable bonds is 3. The van der Waals surface area contributed by atoms with Crippen LogP contribution in [-0.4, -0.2) is 11.8 Å². The fraction of sp³-hybridized carbons (Fsp3) is 0.125. The Hall–Kier alpha value is -4.13. The molecule has 4 aromatic carbocycles. The number of carbonyl (C=O) groups excluding carboxylic acids is 2. The third-order valence-corrected chi connectivity index (χ3v) is 8.09. The number of para-hydroxylation sites is 2. The van der Waals surface area contributed by atoms with Gasteiger partial charge in [-0.1, -0.05) is 83.9 Å². The van der Waals surface area contributed by atoms with Crippen molar-refractivity contribution in [1.82, 2.24) is 0 Å². The van der Waals surface area contributed by atoms with Crippen LogP contribution in [0.1, 0.15) is 35.9 Å². The van der Waals surface area contributed by atoms with Crippen LogP contribution in [0.25, 0.3) is 0 Å². The summed E-state index contributed by atoms with van der Waals surface area (Å²) in [5.74, 6) is -0.704. The molecule has 0 aromatic heterocycles. The lowest BCUT2D eigenvalue weighted by molar-refractivity contribution is -0.116. The first-order chi connectivity index (χ1) is 19.4. The Morgan fingerprint density at radius 1 is 0.875 bits per heavy atom. The van der Waals surface area contributed by atoms with Gasteiger partial charge in [0.25, 0.3) is 0 Å². The average Bonchev–Trinajstić information content (AvgIpc) is 3.10. The van der Waals surface area contributed by atoms with Crippen molar-refractivity contribution in [2.24, 2.45) is 0 Å². The van der Waals surface area contributed by atoms with Gasteiger partial charge in [0, 0.05) is 28.9 Å². The van der Waals surface area contributed by atoms with Gasteiger partial charge in [0.2, 0.25) is 0 Å². The summed E-state index contributed by atoms with van der Waals surface area (Å²) in [7, 11) is 0. The van der Waals surface area contributed by atoms with E-state index in [2.05, 4.69) is 10.6 Å². The highest BCUT2D eigenvalue weighted by atomic mass is 35.5. The van der Waals surface area contributed by atoms with Gasteiger partial charge in [-0.3, -0.25) is 9.69 Å². The van der Waals surface area contributed by atoms with Crippen molar-refractivity contribution < 1.29 is 14.0 Å².